The van der Waals surface area contributed by atoms with Crippen molar-refractivity contribution in [2.45, 2.75) is 4.90 Å². The summed E-state index contributed by atoms with van der Waals surface area (Å²) >= 11 is 5.38. The Labute approximate surface area is 78.2 Å². The molecule has 0 aromatic carbocycles. The van der Waals surface area contributed by atoms with Crippen molar-refractivity contribution in [1.82, 2.24) is 4.98 Å². The number of hydrogen-bond donors (Lipinski definition) is 1. The Hall–Kier alpha value is -0.520. The Morgan fingerprint density at radius 1 is 1.50 bits per heavy atom. The number of aromatic nitrogens is 1. The van der Waals surface area contributed by atoms with Crippen molar-refractivity contribution in [3.63, 3.8) is 0 Å². The Morgan fingerprint density at radius 3 is 2.50 bits per heavy atom. The monoisotopic (exact) mass is 227 g/mol. The van der Waals surface area contributed by atoms with E-state index in [4.69, 9.17) is 27.4 Å². The molecule has 0 aliphatic rings. The first-order valence-electron chi connectivity index (χ1n) is 2.70. The van der Waals surface area contributed by atoms with Gasteiger partial charge in [0.25, 0.3) is 9.05 Å². The molecule has 0 saturated heterocycles. The maximum absolute atomic E-state index is 10.7. The van der Waals surface area contributed by atoms with E-state index in [1.54, 1.807) is 0 Å². The van der Waals surface area contributed by atoms with Crippen molar-refractivity contribution in [2.75, 3.05) is 0 Å². The third kappa shape index (κ3) is 2.00. The number of pyridine rings is 1. The summed E-state index contributed by atoms with van der Waals surface area (Å²) in [7, 11) is 1.00. The Kier molecular flexibility index (Phi) is 2.46. The van der Waals surface area contributed by atoms with Crippen LogP contribution in [-0.2, 0) is 9.05 Å². The van der Waals surface area contributed by atoms with Crippen LogP contribution < -0.4 is 0 Å². The smallest absolute Gasteiger partial charge is 0.265 e. The lowest BCUT2D eigenvalue weighted by Crippen LogP contribution is -1.92. The topological polar surface area (TPSA) is 67.3 Å². The predicted octanol–water partition coefficient (Wildman–Crippen LogP) is 1.37. The lowest BCUT2D eigenvalue weighted by Gasteiger charge is -1.98. The van der Waals surface area contributed by atoms with Gasteiger partial charge >= 0.3 is 0 Å². The molecule has 0 saturated carbocycles. The lowest BCUT2D eigenvalue weighted by atomic mass is 10.5. The second-order valence-electron chi connectivity index (χ2n) is 1.91. The summed E-state index contributed by atoms with van der Waals surface area (Å²) in [5.41, 5.74) is 0. The second-order valence-corrected chi connectivity index (χ2v) is 4.83. The molecule has 1 N–H and O–H groups in total. The Morgan fingerprint density at radius 2 is 2.08 bits per heavy atom. The SMILES string of the molecule is O=S(=O)(Cl)c1cc(Cl)ncc1O. The first-order valence-corrected chi connectivity index (χ1v) is 5.39. The molecule has 0 unspecified atom stereocenters. The minimum atomic E-state index is -3.96. The average molecular weight is 228 g/mol. The molecule has 0 atom stereocenters. The molecule has 12 heavy (non-hydrogen) atoms. The molecule has 0 fully saturated rings. The highest BCUT2D eigenvalue weighted by Gasteiger charge is 2.16. The van der Waals surface area contributed by atoms with E-state index in [0.29, 0.717) is 0 Å². The molecule has 0 aliphatic carbocycles. The van der Waals surface area contributed by atoms with Gasteiger partial charge in [-0.05, 0) is 6.07 Å². The van der Waals surface area contributed by atoms with E-state index in [1.807, 2.05) is 0 Å². The third-order valence-corrected chi connectivity index (χ3v) is 2.63. The minimum absolute atomic E-state index is 0.0491. The molecule has 0 bridgehead atoms. The van der Waals surface area contributed by atoms with E-state index in [1.165, 1.54) is 0 Å². The van der Waals surface area contributed by atoms with Crippen molar-refractivity contribution < 1.29 is 13.5 Å². The van der Waals surface area contributed by atoms with Gasteiger partial charge in [0.1, 0.15) is 10.0 Å². The molecule has 1 rings (SSSR count). The fraction of sp³-hybridized carbons (Fsp3) is 0. The van der Waals surface area contributed by atoms with Gasteiger partial charge in [0.05, 0.1) is 6.20 Å². The van der Waals surface area contributed by atoms with Gasteiger partial charge in [-0.3, -0.25) is 0 Å². The number of rotatable bonds is 1. The van der Waals surface area contributed by atoms with Gasteiger partial charge in [0.15, 0.2) is 5.75 Å². The highest BCUT2D eigenvalue weighted by Crippen LogP contribution is 2.26. The first kappa shape index (κ1) is 9.57. The van der Waals surface area contributed by atoms with E-state index < -0.39 is 19.7 Å². The van der Waals surface area contributed by atoms with Crippen molar-refractivity contribution in [1.29, 1.82) is 0 Å². The minimum Gasteiger partial charge on any atom is -0.505 e. The van der Waals surface area contributed by atoms with E-state index in [9.17, 15) is 8.42 Å². The van der Waals surface area contributed by atoms with E-state index in [-0.39, 0.29) is 5.15 Å². The van der Waals surface area contributed by atoms with Crippen LogP contribution >= 0.6 is 22.3 Å². The molecule has 0 amide bonds. The molecule has 1 aromatic heterocycles. The quantitative estimate of drug-likeness (QED) is 0.582. The Bertz CT molecular complexity index is 403. The van der Waals surface area contributed by atoms with Crippen LogP contribution in [0.2, 0.25) is 5.15 Å². The summed E-state index contributed by atoms with van der Waals surface area (Å²) in [6.07, 6.45) is 0.914. The largest absolute Gasteiger partial charge is 0.505 e. The maximum atomic E-state index is 10.7. The summed E-state index contributed by atoms with van der Waals surface area (Å²) in [6.45, 7) is 0. The van der Waals surface area contributed by atoms with Crippen LogP contribution in [0.4, 0.5) is 0 Å². The zero-order valence-corrected chi connectivity index (χ0v) is 7.86. The van der Waals surface area contributed by atoms with Crippen LogP contribution in [0, 0.1) is 0 Å². The fourth-order valence-corrected chi connectivity index (χ4v) is 1.75. The zero-order valence-electron chi connectivity index (χ0n) is 5.53. The van der Waals surface area contributed by atoms with E-state index in [0.717, 1.165) is 12.3 Å². The van der Waals surface area contributed by atoms with Gasteiger partial charge in [0, 0.05) is 10.7 Å². The average Bonchev–Trinajstić information content (AvgIpc) is 1.92. The van der Waals surface area contributed by atoms with Gasteiger partial charge in [-0.2, -0.15) is 0 Å². The lowest BCUT2D eigenvalue weighted by molar-refractivity contribution is 0.456. The standard InChI is InChI=1S/C5H3Cl2NO3S/c6-5-1-4(12(7,10)11)3(9)2-8-5/h1-2,9H. The third-order valence-electron chi connectivity index (χ3n) is 1.08. The van der Waals surface area contributed by atoms with Crippen LogP contribution in [0.25, 0.3) is 0 Å². The molecular weight excluding hydrogens is 225 g/mol. The maximum Gasteiger partial charge on any atom is 0.265 e. The summed E-state index contributed by atoms with van der Waals surface area (Å²) < 4.78 is 21.4. The normalized spacial score (nSPS) is 11.5. The van der Waals surface area contributed by atoms with Crippen molar-refractivity contribution in [2.24, 2.45) is 0 Å². The summed E-state index contributed by atoms with van der Waals surface area (Å²) in [5.74, 6) is -0.519. The second kappa shape index (κ2) is 3.08. The van der Waals surface area contributed by atoms with Crippen LogP contribution in [0.5, 0.6) is 5.75 Å². The van der Waals surface area contributed by atoms with Crippen molar-refractivity contribution in [3.8, 4) is 5.75 Å². The molecule has 7 heteroatoms. The highest BCUT2D eigenvalue weighted by molar-refractivity contribution is 8.13. The van der Waals surface area contributed by atoms with Crippen LogP contribution in [0.1, 0.15) is 0 Å². The van der Waals surface area contributed by atoms with Crippen LogP contribution in [-0.4, -0.2) is 18.5 Å². The highest BCUT2D eigenvalue weighted by atomic mass is 35.7. The molecule has 0 aliphatic heterocycles. The number of nitrogens with zero attached hydrogens (tertiary/aromatic N) is 1. The number of hydrogen-bond acceptors (Lipinski definition) is 4. The predicted molar refractivity (Wildman–Crippen MR) is 44.0 cm³/mol. The number of aromatic hydroxyl groups is 1. The van der Waals surface area contributed by atoms with Crippen LogP contribution in [0.15, 0.2) is 17.2 Å². The molecule has 4 nitrogen and oxygen atoms in total. The van der Waals surface area contributed by atoms with Gasteiger partial charge in [-0.1, -0.05) is 11.6 Å². The van der Waals surface area contributed by atoms with Gasteiger partial charge in [0.2, 0.25) is 0 Å². The summed E-state index contributed by atoms with van der Waals surface area (Å²) in [4.78, 5) is 3.00. The molecule has 0 spiro atoms. The number of halogens is 2. The molecule has 1 heterocycles. The molecule has 66 valence electrons. The van der Waals surface area contributed by atoms with Crippen molar-refractivity contribution in [3.05, 3.63) is 17.4 Å². The molecule has 0 radical (unpaired) electrons. The zero-order chi connectivity index (χ0) is 9.35. The van der Waals surface area contributed by atoms with Gasteiger partial charge in [-0.25, -0.2) is 13.4 Å². The summed E-state index contributed by atoms with van der Waals surface area (Å²) in [6, 6.07) is 0.971. The fourth-order valence-electron chi connectivity index (χ4n) is 0.601. The first-order chi connectivity index (χ1) is 5.41. The van der Waals surface area contributed by atoms with Gasteiger partial charge in [-0.15, -0.1) is 0 Å². The Balaban J connectivity index is 3.43. The van der Waals surface area contributed by atoms with Crippen LogP contribution in [0.3, 0.4) is 0 Å². The van der Waals surface area contributed by atoms with E-state index in [2.05, 4.69) is 4.98 Å². The molecule has 1 aromatic rings. The van der Waals surface area contributed by atoms with E-state index >= 15 is 0 Å². The van der Waals surface area contributed by atoms with Gasteiger partial charge < -0.3 is 5.11 Å². The summed E-state index contributed by atoms with van der Waals surface area (Å²) in [5, 5.41) is 8.94. The molecular formula is C5H3Cl2NO3S. The van der Waals surface area contributed by atoms with Crippen molar-refractivity contribution >= 4 is 31.3 Å².